The highest BCUT2D eigenvalue weighted by Crippen LogP contribution is 2.33. The van der Waals surface area contributed by atoms with Crippen LogP contribution in [0.15, 0.2) is 42.9 Å². The molecule has 5 rings (SSSR count). The zero-order chi connectivity index (χ0) is 19.6. The van der Waals surface area contributed by atoms with Gasteiger partial charge in [-0.05, 0) is 31.0 Å². The van der Waals surface area contributed by atoms with Gasteiger partial charge in [-0.1, -0.05) is 0 Å². The van der Waals surface area contributed by atoms with E-state index in [0.29, 0.717) is 24.6 Å². The van der Waals surface area contributed by atoms with Crippen LogP contribution < -0.4 is 19.7 Å². The molecular weight excluding hydrogens is 370 g/mol. The van der Waals surface area contributed by atoms with Crippen molar-refractivity contribution < 1.29 is 14.3 Å². The highest BCUT2D eigenvalue weighted by molar-refractivity contribution is 5.93. The van der Waals surface area contributed by atoms with E-state index in [-0.39, 0.29) is 11.8 Å². The van der Waals surface area contributed by atoms with E-state index >= 15 is 0 Å². The van der Waals surface area contributed by atoms with Crippen molar-refractivity contribution in [3.8, 4) is 11.5 Å². The number of aromatic nitrogens is 3. The first-order chi connectivity index (χ1) is 14.3. The van der Waals surface area contributed by atoms with Gasteiger partial charge in [-0.2, -0.15) is 0 Å². The third kappa shape index (κ3) is 3.65. The number of hydrogen-bond acceptors (Lipinski definition) is 7. The predicted molar refractivity (Wildman–Crippen MR) is 108 cm³/mol. The average molecular weight is 391 g/mol. The maximum atomic E-state index is 12.7. The molecule has 2 aliphatic rings. The minimum atomic E-state index is -0.0207. The maximum Gasteiger partial charge on any atom is 0.227 e. The monoisotopic (exact) mass is 391 g/mol. The number of hydrogen-bond donors (Lipinski definition) is 1. The second-order valence-corrected chi connectivity index (χ2v) is 7.20. The lowest BCUT2D eigenvalue weighted by Crippen LogP contribution is -2.38. The van der Waals surface area contributed by atoms with Crippen molar-refractivity contribution in [3.05, 3.63) is 42.9 Å². The summed E-state index contributed by atoms with van der Waals surface area (Å²) in [5.74, 6) is 1.42. The first-order valence-corrected chi connectivity index (χ1v) is 9.78. The second kappa shape index (κ2) is 7.54. The standard InChI is InChI=1S/C21H21N5O3/c27-21(25-15-1-2-18-19(11-15)29-10-9-28-18)14-3-7-26(8-4-14)16-12-17-20(24-13-16)23-6-5-22-17/h1-2,5-6,11-14H,3-4,7-10H2,(H,25,27). The number of carbonyl (C=O) groups is 1. The molecule has 1 amide bonds. The summed E-state index contributed by atoms with van der Waals surface area (Å²) in [6, 6.07) is 7.51. The third-order valence-electron chi connectivity index (χ3n) is 5.35. The molecule has 1 fully saturated rings. The van der Waals surface area contributed by atoms with Gasteiger partial charge in [0.05, 0.1) is 11.9 Å². The van der Waals surface area contributed by atoms with E-state index in [1.165, 1.54) is 0 Å². The van der Waals surface area contributed by atoms with Crippen molar-refractivity contribution in [3.63, 3.8) is 0 Å². The molecule has 1 N–H and O–H groups in total. The first-order valence-electron chi connectivity index (χ1n) is 9.78. The average Bonchev–Trinajstić information content (AvgIpc) is 2.79. The largest absolute Gasteiger partial charge is 0.486 e. The van der Waals surface area contributed by atoms with Gasteiger partial charge in [0.15, 0.2) is 17.1 Å². The van der Waals surface area contributed by atoms with Crippen LogP contribution in [-0.2, 0) is 4.79 Å². The Kier molecular flexibility index (Phi) is 4.59. The van der Waals surface area contributed by atoms with Crippen LogP contribution in [0.1, 0.15) is 12.8 Å². The van der Waals surface area contributed by atoms with Gasteiger partial charge in [0.25, 0.3) is 0 Å². The zero-order valence-electron chi connectivity index (χ0n) is 15.9. The Morgan fingerprint density at radius 1 is 1.00 bits per heavy atom. The number of piperidine rings is 1. The van der Waals surface area contributed by atoms with Crippen LogP contribution in [0.5, 0.6) is 11.5 Å². The molecule has 8 nitrogen and oxygen atoms in total. The molecule has 4 heterocycles. The van der Waals surface area contributed by atoms with Crippen LogP contribution in [0.2, 0.25) is 0 Å². The molecule has 1 saturated heterocycles. The smallest absolute Gasteiger partial charge is 0.227 e. The molecule has 0 aliphatic carbocycles. The van der Waals surface area contributed by atoms with Gasteiger partial charge < -0.3 is 19.7 Å². The quantitative estimate of drug-likeness (QED) is 0.734. The molecular formula is C21H21N5O3. The van der Waals surface area contributed by atoms with Crippen LogP contribution in [0.3, 0.4) is 0 Å². The summed E-state index contributed by atoms with van der Waals surface area (Å²) in [6.45, 7) is 2.67. The molecule has 3 aromatic rings. The number of nitrogens with zero attached hydrogens (tertiary/aromatic N) is 4. The van der Waals surface area contributed by atoms with E-state index in [2.05, 4.69) is 25.2 Å². The second-order valence-electron chi connectivity index (χ2n) is 7.20. The van der Waals surface area contributed by atoms with Crippen LogP contribution in [0, 0.1) is 5.92 Å². The van der Waals surface area contributed by atoms with Crippen LogP contribution in [0.4, 0.5) is 11.4 Å². The van der Waals surface area contributed by atoms with Crippen molar-refractivity contribution in [2.75, 3.05) is 36.5 Å². The molecule has 2 aliphatic heterocycles. The molecule has 0 spiro atoms. The van der Waals surface area contributed by atoms with E-state index < -0.39 is 0 Å². The Morgan fingerprint density at radius 2 is 1.79 bits per heavy atom. The molecule has 0 bridgehead atoms. The Labute approximate surface area is 167 Å². The fourth-order valence-corrected chi connectivity index (χ4v) is 3.79. The summed E-state index contributed by atoms with van der Waals surface area (Å²) in [5, 5.41) is 3.02. The Morgan fingerprint density at radius 3 is 2.66 bits per heavy atom. The number of carbonyl (C=O) groups excluding carboxylic acids is 1. The maximum absolute atomic E-state index is 12.7. The minimum absolute atomic E-state index is 0.0207. The number of pyridine rings is 1. The van der Waals surface area contributed by atoms with Gasteiger partial charge >= 0.3 is 0 Å². The molecule has 0 atom stereocenters. The number of fused-ring (bicyclic) bond motifs is 2. The molecule has 0 unspecified atom stereocenters. The van der Waals surface area contributed by atoms with Crippen LogP contribution in [-0.4, -0.2) is 47.2 Å². The van der Waals surface area contributed by atoms with Crippen molar-refractivity contribution >= 4 is 28.4 Å². The summed E-state index contributed by atoms with van der Waals surface area (Å²) in [7, 11) is 0. The van der Waals surface area contributed by atoms with E-state index in [4.69, 9.17) is 9.47 Å². The Balaban J connectivity index is 1.21. The first kappa shape index (κ1) is 17.7. The summed E-state index contributed by atoms with van der Waals surface area (Å²) in [4.78, 5) is 27.9. The number of nitrogens with one attached hydrogen (secondary N) is 1. The number of benzene rings is 1. The minimum Gasteiger partial charge on any atom is -0.486 e. The van der Waals surface area contributed by atoms with Crippen LogP contribution in [0.25, 0.3) is 11.2 Å². The van der Waals surface area contributed by atoms with Gasteiger partial charge in [-0.3, -0.25) is 9.78 Å². The van der Waals surface area contributed by atoms with Gasteiger partial charge in [0, 0.05) is 43.2 Å². The Hall–Kier alpha value is -3.42. The van der Waals surface area contributed by atoms with E-state index in [1.54, 1.807) is 12.4 Å². The van der Waals surface area contributed by atoms with Crippen molar-refractivity contribution in [2.45, 2.75) is 12.8 Å². The highest BCUT2D eigenvalue weighted by Gasteiger charge is 2.26. The lowest BCUT2D eigenvalue weighted by molar-refractivity contribution is -0.120. The van der Waals surface area contributed by atoms with Crippen molar-refractivity contribution in [2.24, 2.45) is 5.92 Å². The normalized spacial score (nSPS) is 16.6. The number of rotatable bonds is 3. The SMILES string of the molecule is O=C(Nc1ccc2c(c1)OCCO2)C1CCN(c2cnc3nccnc3c2)CC1. The van der Waals surface area contributed by atoms with Gasteiger partial charge in [0.2, 0.25) is 5.91 Å². The number of ether oxygens (including phenoxy) is 2. The summed E-state index contributed by atoms with van der Waals surface area (Å²) >= 11 is 0. The molecule has 0 radical (unpaired) electrons. The number of amides is 1. The molecule has 2 aromatic heterocycles. The van der Waals surface area contributed by atoms with Crippen LogP contribution >= 0.6 is 0 Å². The van der Waals surface area contributed by atoms with E-state index in [9.17, 15) is 4.79 Å². The third-order valence-corrected chi connectivity index (χ3v) is 5.35. The lowest BCUT2D eigenvalue weighted by Gasteiger charge is -2.32. The summed E-state index contributed by atoms with van der Waals surface area (Å²) in [5.41, 5.74) is 3.18. The fourth-order valence-electron chi connectivity index (χ4n) is 3.79. The lowest BCUT2D eigenvalue weighted by atomic mass is 9.95. The summed E-state index contributed by atoms with van der Waals surface area (Å²) in [6.07, 6.45) is 6.71. The molecule has 0 saturated carbocycles. The van der Waals surface area contributed by atoms with Crippen molar-refractivity contribution in [1.82, 2.24) is 15.0 Å². The van der Waals surface area contributed by atoms with Gasteiger partial charge in [-0.25, -0.2) is 9.97 Å². The number of anilines is 2. The highest BCUT2D eigenvalue weighted by atomic mass is 16.6. The van der Waals surface area contributed by atoms with Crippen molar-refractivity contribution in [1.29, 1.82) is 0 Å². The predicted octanol–water partition coefficient (Wildman–Crippen LogP) is 2.65. The fraction of sp³-hybridized carbons (Fsp3) is 0.333. The molecule has 1 aromatic carbocycles. The van der Waals surface area contributed by atoms with Gasteiger partial charge in [-0.15, -0.1) is 0 Å². The zero-order valence-corrected chi connectivity index (χ0v) is 15.9. The Bertz CT molecular complexity index is 1050. The summed E-state index contributed by atoms with van der Waals surface area (Å²) < 4.78 is 11.1. The molecule has 148 valence electrons. The topological polar surface area (TPSA) is 89.5 Å². The van der Waals surface area contributed by atoms with E-state index in [0.717, 1.165) is 48.6 Å². The molecule has 8 heteroatoms. The van der Waals surface area contributed by atoms with Gasteiger partial charge in [0.1, 0.15) is 18.7 Å². The molecule has 29 heavy (non-hydrogen) atoms. The van der Waals surface area contributed by atoms with E-state index in [1.807, 2.05) is 30.5 Å².